The van der Waals surface area contributed by atoms with Crippen molar-refractivity contribution in [1.29, 1.82) is 0 Å². The fourth-order valence-electron chi connectivity index (χ4n) is 3.50. The van der Waals surface area contributed by atoms with Crippen molar-refractivity contribution in [3.8, 4) is 0 Å². The second-order valence-electron chi connectivity index (χ2n) is 6.87. The quantitative estimate of drug-likeness (QED) is 0.213. The lowest BCUT2D eigenvalue weighted by Crippen LogP contribution is -2.53. The molecular weight excluding hydrogens is 411 g/mol. The van der Waals surface area contributed by atoms with Gasteiger partial charge in [0.2, 0.25) is 11.8 Å². The van der Waals surface area contributed by atoms with Gasteiger partial charge in [-0.3, -0.25) is 9.59 Å². The van der Waals surface area contributed by atoms with E-state index in [9.17, 15) is 9.59 Å². The Balaban J connectivity index is 1.95. The molecule has 0 heterocycles. The Bertz CT molecular complexity index is 597. The molecule has 0 aromatic heterocycles. The largest absolute Gasteiger partial charge is 0.436 e. The Morgan fingerprint density at radius 3 is 2.56 bits per heavy atom. The van der Waals surface area contributed by atoms with Crippen LogP contribution in [0.2, 0.25) is 0 Å². The molecule has 0 spiro atoms. The lowest BCUT2D eigenvalue weighted by Gasteiger charge is -2.29. The fraction of sp³-hybridized carbons (Fsp3) is 0.579. The Labute approximate surface area is 169 Å². The SMILES string of the molecule is O=C(NCCc1ccccc1)C1(C(=O)N[C@@H](CCCBr)OBO)CCCC1. The predicted molar refractivity (Wildman–Crippen MR) is 109 cm³/mol. The maximum Gasteiger partial charge on any atom is 0.436 e. The number of benzene rings is 1. The summed E-state index contributed by atoms with van der Waals surface area (Å²) >= 11 is 3.35. The van der Waals surface area contributed by atoms with Crippen LogP contribution in [0.5, 0.6) is 0 Å². The molecule has 3 N–H and O–H groups in total. The van der Waals surface area contributed by atoms with E-state index in [1.54, 1.807) is 0 Å². The van der Waals surface area contributed by atoms with Crippen molar-refractivity contribution in [2.24, 2.45) is 5.41 Å². The average molecular weight is 439 g/mol. The first kappa shape index (κ1) is 21.9. The molecule has 27 heavy (non-hydrogen) atoms. The zero-order chi connectivity index (χ0) is 19.5. The molecule has 1 atom stereocenters. The zero-order valence-corrected chi connectivity index (χ0v) is 17.2. The molecule has 1 aromatic rings. The minimum atomic E-state index is -1.04. The molecule has 1 saturated carbocycles. The van der Waals surface area contributed by atoms with Crippen LogP contribution >= 0.6 is 15.9 Å². The van der Waals surface area contributed by atoms with Crippen molar-refractivity contribution in [2.45, 2.75) is 51.2 Å². The molecule has 1 aromatic carbocycles. The van der Waals surface area contributed by atoms with Gasteiger partial charge in [0.05, 0.1) is 0 Å². The summed E-state index contributed by atoms with van der Waals surface area (Å²) in [6, 6.07) is 9.94. The van der Waals surface area contributed by atoms with E-state index in [0.717, 1.165) is 36.6 Å². The summed E-state index contributed by atoms with van der Waals surface area (Å²) in [5, 5.41) is 15.6. The minimum absolute atomic E-state index is 0.211. The van der Waals surface area contributed by atoms with E-state index in [2.05, 4.69) is 26.6 Å². The van der Waals surface area contributed by atoms with Gasteiger partial charge in [0.1, 0.15) is 11.6 Å². The van der Waals surface area contributed by atoms with Crippen molar-refractivity contribution in [2.75, 3.05) is 11.9 Å². The number of carbonyl (C=O) groups excluding carboxylic acids is 2. The molecule has 0 bridgehead atoms. The lowest BCUT2D eigenvalue weighted by atomic mass is 9.83. The van der Waals surface area contributed by atoms with Crippen LogP contribution in [0, 0.1) is 5.41 Å². The molecule has 1 aliphatic carbocycles. The summed E-state index contributed by atoms with van der Waals surface area (Å²) in [7, 11) is -0.469. The molecule has 1 aliphatic rings. The predicted octanol–water partition coefficient (Wildman–Crippen LogP) is 1.80. The molecule has 1 fully saturated rings. The number of hydrogen-bond donors (Lipinski definition) is 3. The van der Waals surface area contributed by atoms with Gasteiger partial charge in [-0.05, 0) is 37.7 Å². The average Bonchev–Trinajstić information content (AvgIpc) is 3.18. The standard InChI is InChI=1S/C19H28BBrN2O4/c21-13-6-9-16(27-20-26)23-18(25)19(11-4-5-12-19)17(24)22-14-10-15-7-2-1-3-8-15/h1-3,7-8,16,20,26H,4-6,9-14H2,(H,22,24)(H,23,25)/t16-/m1/s1. The minimum Gasteiger partial charge on any atom is -0.430 e. The Morgan fingerprint density at radius 2 is 1.93 bits per heavy atom. The smallest absolute Gasteiger partial charge is 0.430 e. The Hall–Kier alpha value is -1.38. The van der Waals surface area contributed by atoms with Crippen LogP contribution < -0.4 is 10.6 Å². The van der Waals surface area contributed by atoms with Gasteiger partial charge < -0.3 is 20.3 Å². The zero-order valence-electron chi connectivity index (χ0n) is 15.6. The van der Waals surface area contributed by atoms with E-state index < -0.39 is 19.3 Å². The van der Waals surface area contributed by atoms with Gasteiger partial charge >= 0.3 is 7.69 Å². The maximum atomic E-state index is 12.9. The molecule has 8 heteroatoms. The topological polar surface area (TPSA) is 87.7 Å². The maximum absolute atomic E-state index is 12.9. The number of alkyl halides is 1. The number of halogens is 1. The van der Waals surface area contributed by atoms with E-state index in [-0.39, 0.29) is 11.8 Å². The summed E-state index contributed by atoms with van der Waals surface area (Å²) in [6.07, 6.45) is 4.30. The van der Waals surface area contributed by atoms with Crippen LogP contribution in [0.1, 0.15) is 44.1 Å². The molecular formula is C19H28BBrN2O4. The van der Waals surface area contributed by atoms with Crippen LogP contribution in [-0.4, -0.2) is 42.6 Å². The summed E-state index contributed by atoms with van der Waals surface area (Å²) in [5.74, 6) is -0.512. The summed E-state index contributed by atoms with van der Waals surface area (Å²) in [5.41, 5.74) is 0.108. The molecule has 0 radical (unpaired) electrons. The Morgan fingerprint density at radius 1 is 1.22 bits per heavy atom. The molecule has 2 amide bonds. The Kier molecular flexibility index (Phi) is 9.31. The fourth-order valence-corrected chi connectivity index (χ4v) is 3.83. The van der Waals surface area contributed by atoms with Gasteiger partial charge in [-0.1, -0.05) is 59.1 Å². The first-order valence-electron chi connectivity index (χ1n) is 9.54. The van der Waals surface area contributed by atoms with Gasteiger partial charge in [0.15, 0.2) is 0 Å². The van der Waals surface area contributed by atoms with Gasteiger partial charge in [-0.15, -0.1) is 0 Å². The molecule has 0 unspecified atom stereocenters. The van der Waals surface area contributed by atoms with Crippen LogP contribution in [-0.2, 0) is 20.7 Å². The highest BCUT2D eigenvalue weighted by molar-refractivity contribution is 9.09. The summed E-state index contributed by atoms with van der Waals surface area (Å²) in [6.45, 7) is 0.498. The first-order chi connectivity index (χ1) is 13.1. The monoisotopic (exact) mass is 438 g/mol. The lowest BCUT2D eigenvalue weighted by molar-refractivity contribution is -0.145. The second kappa shape index (κ2) is 11.5. The highest BCUT2D eigenvalue weighted by atomic mass is 79.9. The summed E-state index contributed by atoms with van der Waals surface area (Å²) < 4.78 is 5.21. The number of amides is 2. The highest BCUT2D eigenvalue weighted by Gasteiger charge is 2.48. The number of carbonyl (C=O) groups is 2. The highest BCUT2D eigenvalue weighted by Crippen LogP contribution is 2.38. The van der Waals surface area contributed by atoms with Crippen molar-refractivity contribution in [3.63, 3.8) is 0 Å². The molecule has 0 saturated heterocycles. The van der Waals surface area contributed by atoms with Gasteiger partial charge in [0, 0.05) is 11.9 Å². The molecule has 6 nitrogen and oxygen atoms in total. The van der Waals surface area contributed by atoms with Crippen molar-refractivity contribution in [1.82, 2.24) is 10.6 Å². The van der Waals surface area contributed by atoms with E-state index in [1.807, 2.05) is 30.3 Å². The van der Waals surface area contributed by atoms with Crippen LogP contribution in [0.3, 0.4) is 0 Å². The normalized spacial score (nSPS) is 16.5. The second-order valence-corrected chi connectivity index (χ2v) is 7.66. The third kappa shape index (κ3) is 6.33. The number of rotatable bonds is 11. The van der Waals surface area contributed by atoms with E-state index in [0.29, 0.717) is 25.8 Å². The van der Waals surface area contributed by atoms with Crippen molar-refractivity contribution < 1.29 is 19.3 Å². The molecule has 0 aliphatic heterocycles. The van der Waals surface area contributed by atoms with Crippen molar-refractivity contribution in [3.05, 3.63) is 35.9 Å². The van der Waals surface area contributed by atoms with Crippen molar-refractivity contribution >= 4 is 35.4 Å². The third-order valence-electron chi connectivity index (χ3n) is 5.04. The van der Waals surface area contributed by atoms with Crippen LogP contribution in [0.15, 0.2) is 30.3 Å². The van der Waals surface area contributed by atoms with Crippen LogP contribution in [0.4, 0.5) is 0 Å². The number of hydrogen-bond acceptors (Lipinski definition) is 4. The van der Waals surface area contributed by atoms with Gasteiger partial charge in [-0.25, -0.2) is 0 Å². The van der Waals surface area contributed by atoms with E-state index >= 15 is 0 Å². The van der Waals surface area contributed by atoms with E-state index in [4.69, 9.17) is 9.68 Å². The first-order valence-corrected chi connectivity index (χ1v) is 10.7. The number of nitrogens with one attached hydrogen (secondary N) is 2. The third-order valence-corrected chi connectivity index (χ3v) is 5.60. The van der Waals surface area contributed by atoms with E-state index in [1.165, 1.54) is 0 Å². The van der Waals surface area contributed by atoms with Gasteiger partial charge in [-0.2, -0.15) is 0 Å². The molecule has 2 rings (SSSR count). The summed E-state index contributed by atoms with van der Waals surface area (Å²) in [4.78, 5) is 25.8. The van der Waals surface area contributed by atoms with Crippen LogP contribution in [0.25, 0.3) is 0 Å². The molecule has 148 valence electrons. The van der Waals surface area contributed by atoms with Gasteiger partial charge in [0.25, 0.3) is 0 Å².